The van der Waals surface area contributed by atoms with Gasteiger partial charge in [0.05, 0.1) is 35.8 Å². The summed E-state index contributed by atoms with van der Waals surface area (Å²) >= 11 is 0. The molecule has 0 aromatic rings. The lowest BCUT2D eigenvalue weighted by Gasteiger charge is -2.37. The van der Waals surface area contributed by atoms with Crippen molar-refractivity contribution in [2.75, 3.05) is 56.5 Å². The van der Waals surface area contributed by atoms with Crippen LogP contribution in [-0.2, 0) is 29.5 Å². The molecule has 0 aromatic heterocycles. The van der Waals surface area contributed by atoms with Crippen LogP contribution in [-0.4, -0.2) is 96.5 Å². The van der Waals surface area contributed by atoms with Crippen molar-refractivity contribution in [3.8, 4) is 24.3 Å². The smallest absolute Gasteiger partial charge is 0.271 e. The minimum atomic E-state index is -4.46. The number of rotatable bonds is 15. The molecule has 6 rings (SSSR count). The largest absolute Gasteiger partial charge is 0.384 e. The van der Waals surface area contributed by atoms with Gasteiger partial charge in [-0.2, -0.15) is 21.0 Å². The molecule has 0 radical (unpaired) electrons. The molecule has 3 aliphatic heterocycles. The quantitative estimate of drug-likeness (QED) is 0.111. The number of nitriles is 4. The predicted molar refractivity (Wildman–Crippen MR) is 268 cm³/mol. The van der Waals surface area contributed by atoms with Crippen molar-refractivity contribution in [1.29, 1.82) is 21.0 Å². The molecule has 0 saturated carbocycles. The summed E-state index contributed by atoms with van der Waals surface area (Å²) in [6.45, 7) is 32.4. The fourth-order valence-electron chi connectivity index (χ4n) is 11.4. The van der Waals surface area contributed by atoms with Gasteiger partial charge in [0.2, 0.25) is 0 Å². The van der Waals surface area contributed by atoms with Crippen LogP contribution < -0.4 is 0 Å². The van der Waals surface area contributed by atoms with E-state index in [1.165, 1.54) is 0 Å². The monoisotopic (exact) mass is 1010 g/mol. The number of sulfone groups is 3. The van der Waals surface area contributed by atoms with Crippen LogP contribution in [0.4, 0.5) is 0 Å². The molecule has 0 bridgehead atoms. The molecule has 18 heteroatoms. The summed E-state index contributed by atoms with van der Waals surface area (Å²) in [5.41, 5.74) is 1.65. The van der Waals surface area contributed by atoms with Gasteiger partial charge in [-0.25, -0.2) is 34.9 Å². The zero-order valence-electron chi connectivity index (χ0n) is 41.7. The molecule has 0 spiro atoms. The van der Waals surface area contributed by atoms with E-state index in [9.17, 15) is 46.3 Å². The molecule has 3 fully saturated rings. The fraction of sp³-hybridized carbons (Fsp3) is 0.654. The Labute approximate surface area is 417 Å². The second kappa shape index (κ2) is 21.2. The SMILES string of the molecule is [C-]#[N+]C1=C(N2CCCC2)CC(C)(C)C/C1=C(/[N+]#[C-])S(=O)(=O)CCC(CCS(=O)(=O)/C(C#N)=C1\CC(C)(C)CC(N2CCCC2)=C1C#N)CCS(=O)(=O)/C(C#N)=C1\CC(C)(C)CC(N2CCCC2)=C1C#N. The normalized spacial score (nSPS) is 23.9. The van der Waals surface area contributed by atoms with Crippen LogP contribution in [0, 0.1) is 80.6 Å². The molecule has 15 nitrogen and oxygen atoms in total. The summed E-state index contributed by atoms with van der Waals surface area (Å²) < 4.78 is 87.0. The number of hydrogen-bond acceptors (Lipinski definition) is 13. The van der Waals surface area contributed by atoms with Gasteiger partial charge in [0.25, 0.3) is 5.03 Å². The van der Waals surface area contributed by atoms with E-state index >= 15 is 0 Å². The van der Waals surface area contributed by atoms with E-state index in [0.717, 1.165) is 57.3 Å². The van der Waals surface area contributed by atoms with E-state index in [0.29, 0.717) is 56.8 Å². The summed E-state index contributed by atoms with van der Waals surface area (Å²) in [7, 11) is -13.4. The minimum Gasteiger partial charge on any atom is -0.384 e. The Morgan fingerprint density at radius 1 is 0.529 bits per heavy atom. The second-order valence-corrected chi connectivity index (χ2v) is 28.4. The van der Waals surface area contributed by atoms with Crippen molar-refractivity contribution in [2.24, 2.45) is 22.2 Å². The van der Waals surface area contributed by atoms with Gasteiger partial charge in [0.15, 0.2) is 35.2 Å². The lowest BCUT2D eigenvalue weighted by molar-refractivity contribution is 0.286. The maximum absolute atomic E-state index is 14.5. The van der Waals surface area contributed by atoms with Crippen molar-refractivity contribution in [3.05, 3.63) is 88.3 Å². The van der Waals surface area contributed by atoms with Crippen LogP contribution in [0.1, 0.15) is 138 Å². The number of nitrogens with zero attached hydrogens (tertiary/aromatic N) is 9. The van der Waals surface area contributed by atoms with E-state index in [2.05, 4.69) is 36.5 Å². The highest BCUT2D eigenvalue weighted by Gasteiger charge is 2.42. The van der Waals surface area contributed by atoms with Gasteiger partial charge in [0.1, 0.15) is 34.1 Å². The van der Waals surface area contributed by atoms with Crippen molar-refractivity contribution in [2.45, 2.75) is 138 Å². The molecule has 3 saturated heterocycles. The first-order chi connectivity index (χ1) is 32.9. The zero-order chi connectivity index (χ0) is 51.5. The van der Waals surface area contributed by atoms with Crippen molar-refractivity contribution >= 4 is 29.5 Å². The van der Waals surface area contributed by atoms with Gasteiger partial charge < -0.3 is 14.7 Å². The Kier molecular flexibility index (Phi) is 16.3. The minimum absolute atomic E-state index is 0.140. The second-order valence-electron chi connectivity index (χ2n) is 22.3. The molecular formula is C52H67N9O6S3. The van der Waals surface area contributed by atoms with Gasteiger partial charge in [-0.3, -0.25) is 0 Å². The predicted octanol–water partition coefficient (Wildman–Crippen LogP) is 9.14. The van der Waals surface area contributed by atoms with E-state index in [-0.39, 0.29) is 72.1 Å². The Balaban J connectivity index is 1.39. The highest BCUT2D eigenvalue weighted by atomic mass is 32.2. The third-order valence-corrected chi connectivity index (χ3v) is 20.0. The lowest BCUT2D eigenvalue weighted by atomic mass is 9.73. The summed E-state index contributed by atoms with van der Waals surface area (Å²) in [5, 5.41) is 41.6. The van der Waals surface area contributed by atoms with Crippen LogP contribution in [0.5, 0.6) is 0 Å². The van der Waals surface area contributed by atoms with Gasteiger partial charge >= 0.3 is 0 Å². The topological polar surface area (TPSA) is 216 Å². The van der Waals surface area contributed by atoms with Crippen molar-refractivity contribution in [1.82, 2.24) is 14.7 Å². The van der Waals surface area contributed by atoms with Crippen molar-refractivity contribution in [3.63, 3.8) is 0 Å². The highest BCUT2D eigenvalue weighted by Crippen LogP contribution is 2.49. The fourth-order valence-corrected chi connectivity index (χ4v) is 16.0. The van der Waals surface area contributed by atoms with Crippen LogP contribution in [0.3, 0.4) is 0 Å². The molecular weight excluding hydrogens is 943 g/mol. The number of likely N-dealkylation sites (tertiary alicyclic amines) is 3. The molecule has 0 N–H and O–H groups in total. The summed E-state index contributed by atoms with van der Waals surface area (Å²) in [6.07, 6.45) is 6.76. The molecule has 6 aliphatic rings. The standard InChI is InChI=1S/C52H67N9O6S3/c1-50(2)27-38(41(33-53)43(30-50)59-18-9-10-19-59)46(35-55)68(62,63)24-15-37(16-25-69(64,65)47(36-56)39-28-51(3,4)31-44(42(39)34-54)60-20-11-12-21-60)17-26-70(66,67)49(58-8)40-29-52(5,6)32-45(48(40)57-7)61-22-13-14-23-61/h37H,9-32H2,1-6H3/b46-38+,47-39+,49-40+. The first-order valence-corrected chi connectivity index (χ1v) is 29.5. The summed E-state index contributed by atoms with van der Waals surface area (Å²) in [6, 6.07) is 8.24. The first kappa shape index (κ1) is 54.0. The molecule has 0 aromatic carbocycles. The van der Waals surface area contributed by atoms with Gasteiger partial charge in [-0.15, -0.1) is 0 Å². The van der Waals surface area contributed by atoms with Gasteiger partial charge in [-0.05, 0) is 124 Å². The van der Waals surface area contributed by atoms with Crippen molar-refractivity contribution < 1.29 is 25.3 Å². The highest BCUT2D eigenvalue weighted by molar-refractivity contribution is 7.96. The average molecular weight is 1010 g/mol. The van der Waals surface area contributed by atoms with Crippen LogP contribution >= 0.6 is 0 Å². The third kappa shape index (κ3) is 11.9. The molecule has 70 heavy (non-hydrogen) atoms. The molecule has 0 unspecified atom stereocenters. The summed E-state index contributed by atoms with van der Waals surface area (Å²) in [4.78, 5) is 12.6. The van der Waals surface area contributed by atoms with E-state index < -0.39 is 83.8 Å². The van der Waals surface area contributed by atoms with E-state index in [4.69, 9.17) is 13.1 Å². The van der Waals surface area contributed by atoms with Gasteiger partial charge in [-0.1, -0.05) is 41.5 Å². The molecule has 0 atom stereocenters. The Morgan fingerprint density at radius 3 is 1.19 bits per heavy atom. The Bertz CT molecular complexity index is 2630. The molecule has 374 valence electrons. The first-order valence-electron chi connectivity index (χ1n) is 24.6. The number of allylic oxidation sites excluding steroid dienone is 10. The maximum atomic E-state index is 14.5. The zero-order valence-corrected chi connectivity index (χ0v) is 44.2. The number of hydrogen-bond donors (Lipinski definition) is 0. The third-order valence-electron chi connectivity index (χ3n) is 14.9. The van der Waals surface area contributed by atoms with E-state index in [1.54, 1.807) is 0 Å². The van der Waals surface area contributed by atoms with Crippen LogP contribution in [0.15, 0.2) is 65.5 Å². The van der Waals surface area contributed by atoms with Gasteiger partial charge in [0, 0.05) is 73.3 Å². The lowest BCUT2D eigenvalue weighted by Crippen LogP contribution is -2.31. The Hall–Kier alpha value is -5.37. The van der Waals surface area contributed by atoms with E-state index in [1.807, 2.05) is 53.7 Å². The summed E-state index contributed by atoms with van der Waals surface area (Å²) in [5.74, 6) is -2.94. The molecule has 3 aliphatic carbocycles. The van der Waals surface area contributed by atoms with Crippen LogP contribution in [0.25, 0.3) is 9.69 Å². The Morgan fingerprint density at radius 2 is 0.857 bits per heavy atom. The molecule has 3 heterocycles. The van der Waals surface area contributed by atoms with Crippen LogP contribution in [0.2, 0.25) is 0 Å². The maximum Gasteiger partial charge on any atom is 0.271 e. The average Bonchev–Trinajstić information content (AvgIpc) is 4.11. The molecule has 0 amide bonds.